The van der Waals surface area contributed by atoms with Crippen molar-refractivity contribution in [1.82, 2.24) is 15.5 Å². The van der Waals surface area contributed by atoms with E-state index in [0.29, 0.717) is 5.92 Å². The predicted molar refractivity (Wildman–Crippen MR) is 99.7 cm³/mol. The number of hydrogen-bond donors (Lipinski definition) is 2. The summed E-state index contributed by atoms with van der Waals surface area (Å²) in [6.45, 7) is 9.95. The van der Waals surface area contributed by atoms with Crippen molar-refractivity contribution in [2.75, 3.05) is 32.7 Å². The second-order valence-corrected chi connectivity index (χ2v) is 7.57. The smallest absolute Gasteiger partial charge is 0.251 e. The Morgan fingerprint density at radius 3 is 2.60 bits per heavy atom. The normalized spacial score (nSPS) is 27.8. The van der Waals surface area contributed by atoms with Gasteiger partial charge in [-0.2, -0.15) is 0 Å². The van der Waals surface area contributed by atoms with E-state index in [1.54, 1.807) is 0 Å². The minimum absolute atomic E-state index is 0.0331. The highest BCUT2D eigenvalue weighted by Gasteiger charge is 2.22. The van der Waals surface area contributed by atoms with Gasteiger partial charge in [0.15, 0.2) is 0 Å². The number of carbonyl (C=O) groups excluding carboxylic acids is 1. The SMILES string of the molecule is CC1CN(Cc2ccc(C(=O)NCC3CCCNC3)cc2)CC(C)O1. The number of piperidine rings is 1. The number of carbonyl (C=O) groups is 1. The molecular formula is C20H31N3O2. The maximum atomic E-state index is 12.3. The van der Waals surface area contributed by atoms with Crippen LogP contribution in [-0.4, -0.2) is 55.7 Å². The summed E-state index contributed by atoms with van der Waals surface area (Å²) in [6, 6.07) is 8.03. The Morgan fingerprint density at radius 1 is 1.24 bits per heavy atom. The van der Waals surface area contributed by atoms with Crippen LogP contribution in [0.4, 0.5) is 0 Å². The molecule has 1 aromatic rings. The van der Waals surface area contributed by atoms with E-state index in [2.05, 4.69) is 41.5 Å². The van der Waals surface area contributed by atoms with Crippen molar-refractivity contribution in [3.8, 4) is 0 Å². The molecule has 2 heterocycles. The molecule has 3 rings (SSSR count). The molecule has 0 radical (unpaired) electrons. The van der Waals surface area contributed by atoms with Crippen LogP contribution in [0.15, 0.2) is 24.3 Å². The van der Waals surface area contributed by atoms with Gasteiger partial charge in [-0.15, -0.1) is 0 Å². The number of nitrogens with zero attached hydrogens (tertiary/aromatic N) is 1. The van der Waals surface area contributed by atoms with Gasteiger partial charge in [-0.1, -0.05) is 12.1 Å². The van der Waals surface area contributed by atoms with Gasteiger partial charge >= 0.3 is 0 Å². The number of amides is 1. The highest BCUT2D eigenvalue weighted by atomic mass is 16.5. The van der Waals surface area contributed by atoms with Crippen molar-refractivity contribution in [2.24, 2.45) is 5.92 Å². The van der Waals surface area contributed by atoms with Gasteiger partial charge in [0.05, 0.1) is 12.2 Å². The van der Waals surface area contributed by atoms with Gasteiger partial charge in [0.25, 0.3) is 5.91 Å². The van der Waals surface area contributed by atoms with Crippen molar-refractivity contribution >= 4 is 5.91 Å². The molecule has 25 heavy (non-hydrogen) atoms. The minimum Gasteiger partial charge on any atom is -0.373 e. The maximum absolute atomic E-state index is 12.3. The Balaban J connectivity index is 1.48. The fourth-order valence-corrected chi connectivity index (χ4v) is 3.87. The fraction of sp³-hybridized carbons (Fsp3) is 0.650. The van der Waals surface area contributed by atoms with Crippen molar-refractivity contribution in [2.45, 2.75) is 45.4 Å². The number of morpholine rings is 1. The highest BCUT2D eigenvalue weighted by Crippen LogP contribution is 2.15. The Kier molecular flexibility index (Phi) is 6.45. The quantitative estimate of drug-likeness (QED) is 0.857. The topological polar surface area (TPSA) is 53.6 Å². The predicted octanol–water partition coefficient (Wildman–Crippen LogP) is 2.03. The molecule has 138 valence electrons. The van der Waals surface area contributed by atoms with Crippen molar-refractivity contribution in [3.05, 3.63) is 35.4 Å². The zero-order chi connectivity index (χ0) is 17.6. The molecule has 1 aromatic carbocycles. The van der Waals surface area contributed by atoms with Crippen molar-refractivity contribution in [1.29, 1.82) is 0 Å². The van der Waals surface area contributed by atoms with E-state index in [0.717, 1.165) is 44.8 Å². The third-order valence-corrected chi connectivity index (χ3v) is 5.07. The lowest BCUT2D eigenvalue weighted by Crippen LogP contribution is -2.44. The number of rotatable bonds is 5. The van der Waals surface area contributed by atoms with Crippen LogP contribution in [0, 0.1) is 5.92 Å². The summed E-state index contributed by atoms with van der Waals surface area (Å²) in [4.78, 5) is 14.7. The molecule has 3 unspecified atom stereocenters. The number of hydrogen-bond acceptors (Lipinski definition) is 4. The van der Waals surface area contributed by atoms with Crippen LogP contribution in [0.5, 0.6) is 0 Å². The second kappa shape index (κ2) is 8.79. The van der Waals surface area contributed by atoms with Gasteiger partial charge < -0.3 is 15.4 Å². The van der Waals surface area contributed by atoms with Gasteiger partial charge in [-0.25, -0.2) is 0 Å². The molecule has 2 fully saturated rings. The lowest BCUT2D eigenvalue weighted by atomic mass is 9.99. The molecule has 3 atom stereocenters. The highest BCUT2D eigenvalue weighted by molar-refractivity contribution is 5.94. The van der Waals surface area contributed by atoms with E-state index in [-0.39, 0.29) is 18.1 Å². The van der Waals surface area contributed by atoms with Crippen LogP contribution in [0.1, 0.15) is 42.6 Å². The summed E-state index contributed by atoms with van der Waals surface area (Å²) in [7, 11) is 0. The van der Waals surface area contributed by atoms with Crippen LogP contribution < -0.4 is 10.6 Å². The summed E-state index contributed by atoms with van der Waals surface area (Å²) in [5.74, 6) is 0.591. The largest absolute Gasteiger partial charge is 0.373 e. The van der Waals surface area contributed by atoms with E-state index in [9.17, 15) is 4.79 Å². The summed E-state index contributed by atoms with van der Waals surface area (Å²) in [5.41, 5.74) is 1.99. The summed E-state index contributed by atoms with van der Waals surface area (Å²) in [6.07, 6.45) is 2.96. The first-order valence-electron chi connectivity index (χ1n) is 9.56. The third-order valence-electron chi connectivity index (χ3n) is 5.07. The lowest BCUT2D eigenvalue weighted by Gasteiger charge is -2.35. The molecule has 2 aliphatic heterocycles. The van der Waals surface area contributed by atoms with Gasteiger partial charge in [0.2, 0.25) is 0 Å². The van der Waals surface area contributed by atoms with Crippen LogP contribution in [-0.2, 0) is 11.3 Å². The molecular weight excluding hydrogens is 314 g/mol. The monoisotopic (exact) mass is 345 g/mol. The number of benzene rings is 1. The minimum atomic E-state index is 0.0331. The average molecular weight is 345 g/mol. The lowest BCUT2D eigenvalue weighted by molar-refractivity contribution is -0.0704. The molecule has 5 nitrogen and oxygen atoms in total. The van der Waals surface area contributed by atoms with E-state index in [1.165, 1.54) is 18.4 Å². The molecule has 0 aromatic heterocycles. The van der Waals surface area contributed by atoms with Crippen LogP contribution in [0.2, 0.25) is 0 Å². The standard InChI is InChI=1S/C20H31N3O2/c1-15-12-23(13-16(2)25-15)14-17-5-7-19(8-6-17)20(24)22-11-18-4-3-9-21-10-18/h5-8,15-16,18,21H,3-4,9-14H2,1-2H3,(H,22,24). The number of nitrogens with one attached hydrogen (secondary N) is 2. The van der Waals surface area contributed by atoms with E-state index >= 15 is 0 Å². The molecule has 2 aliphatic rings. The zero-order valence-electron chi connectivity index (χ0n) is 15.5. The Labute approximate surface area is 151 Å². The molecule has 1 amide bonds. The third kappa shape index (κ3) is 5.53. The van der Waals surface area contributed by atoms with E-state index in [1.807, 2.05) is 12.1 Å². The summed E-state index contributed by atoms with van der Waals surface area (Å²) in [5, 5.41) is 6.46. The molecule has 0 bridgehead atoms. The van der Waals surface area contributed by atoms with Crippen LogP contribution in [0.25, 0.3) is 0 Å². The Hall–Kier alpha value is -1.43. The van der Waals surface area contributed by atoms with Gasteiger partial charge in [0, 0.05) is 31.7 Å². The molecule has 2 N–H and O–H groups in total. The van der Waals surface area contributed by atoms with E-state index < -0.39 is 0 Å². The van der Waals surface area contributed by atoms with Crippen LogP contribution in [0.3, 0.4) is 0 Å². The Bertz CT molecular complexity index is 545. The first kappa shape index (κ1) is 18.4. The first-order valence-corrected chi connectivity index (χ1v) is 9.56. The average Bonchev–Trinajstić information content (AvgIpc) is 2.60. The van der Waals surface area contributed by atoms with Crippen molar-refractivity contribution in [3.63, 3.8) is 0 Å². The maximum Gasteiger partial charge on any atom is 0.251 e. The molecule has 5 heteroatoms. The molecule has 0 aliphatic carbocycles. The molecule has 2 saturated heterocycles. The molecule has 0 saturated carbocycles. The van der Waals surface area contributed by atoms with Crippen molar-refractivity contribution < 1.29 is 9.53 Å². The van der Waals surface area contributed by atoms with E-state index in [4.69, 9.17) is 4.74 Å². The summed E-state index contributed by atoms with van der Waals surface area (Å²) < 4.78 is 5.78. The second-order valence-electron chi connectivity index (χ2n) is 7.57. The van der Waals surface area contributed by atoms with Gasteiger partial charge in [0.1, 0.15) is 0 Å². The first-order chi connectivity index (χ1) is 12.1. The fourth-order valence-electron chi connectivity index (χ4n) is 3.87. The van der Waals surface area contributed by atoms with Crippen LogP contribution >= 0.6 is 0 Å². The Morgan fingerprint density at radius 2 is 1.96 bits per heavy atom. The summed E-state index contributed by atoms with van der Waals surface area (Å²) >= 11 is 0. The van der Waals surface area contributed by atoms with Gasteiger partial charge in [-0.3, -0.25) is 9.69 Å². The zero-order valence-corrected chi connectivity index (χ0v) is 15.5. The molecule has 0 spiro atoms. The number of ether oxygens (including phenoxy) is 1. The van der Waals surface area contributed by atoms with Gasteiger partial charge in [-0.05, 0) is 63.4 Å².